The van der Waals surface area contributed by atoms with Gasteiger partial charge in [0.1, 0.15) is 0 Å². The molecule has 0 amide bonds. The van der Waals surface area contributed by atoms with Crippen LogP contribution < -0.4 is 0 Å². The minimum absolute atomic E-state index is 0.122. The van der Waals surface area contributed by atoms with E-state index in [1.807, 2.05) is 13.8 Å². The summed E-state index contributed by atoms with van der Waals surface area (Å²) in [5.74, 6) is 0. The van der Waals surface area contributed by atoms with Gasteiger partial charge in [0.25, 0.3) is 0 Å². The monoisotopic (exact) mass is 186 g/mol. The Kier molecular flexibility index (Phi) is 3.36. The minimum Gasteiger partial charge on any atom is -0.396 e. The molecule has 0 aliphatic heterocycles. The molecule has 0 unspecified atom stereocenters. The topological polar surface area (TPSA) is 40.5 Å². The van der Waals surface area contributed by atoms with Gasteiger partial charge in [-0.15, -0.1) is 0 Å². The van der Waals surface area contributed by atoms with E-state index in [0.717, 1.165) is 25.7 Å². The van der Waals surface area contributed by atoms with Crippen molar-refractivity contribution in [2.45, 2.75) is 58.0 Å². The molecule has 1 fully saturated rings. The summed E-state index contributed by atoms with van der Waals surface area (Å²) >= 11 is 0. The molecule has 78 valence electrons. The fraction of sp³-hybridized carbons (Fsp3) is 1.00. The summed E-state index contributed by atoms with van der Waals surface area (Å²) in [6, 6.07) is 0. The van der Waals surface area contributed by atoms with Gasteiger partial charge in [-0.05, 0) is 26.7 Å². The molecule has 0 spiro atoms. The summed E-state index contributed by atoms with van der Waals surface area (Å²) in [7, 11) is 0. The van der Waals surface area contributed by atoms with Crippen LogP contribution in [0.4, 0.5) is 0 Å². The zero-order valence-electron chi connectivity index (χ0n) is 8.84. The van der Waals surface area contributed by atoms with Crippen LogP contribution in [-0.4, -0.2) is 22.4 Å². The van der Waals surface area contributed by atoms with Crippen molar-refractivity contribution >= 4 is 0 Å². The normalized spacial score (nSPS) is 24.0. The molecule has 2 heteroatoms. The zero-order chi connectivity index (χ0) is 9.95. The van der Waals surface area contributed by atoms with Gasteiger partial charge in [0.15, 0.2) is 0 Å². The molecule has 1 saturated carbocycles. The van der Waals surface area contributed by atoms with Crippen molar-refractivity contribution in [2.24, 2.45) is 5.41 Å². The molecular formula is C11H22O2. The number of rotatable bonds is 2. The lowest BCUT2D eigenvalue weighted by Crippen LogP contribution is -2.46. The van der Waals surface area contributed by atoms with Gasteiger partial charge >= 0.3 is 0 Å². The highest BCUT2D eigenvalue weighted by Gasteiger charge is 2.42. The van der Waals surface area contributed by atoms with Gasteiger partial charge in [-0.25, -0.2) is 0 Å². The lowest BCUT2D eigenvalue weighted by atomic mass is 9.69. The molecule has 0 aromatic rings. The number of hydrogen-bond acceptors (Lipinski definition) is 2. The molecule has 2 N–H and O–H groups in total. The first-order valence-electron chi connectivity index (χ1n) is 5.35. The third-order valence-corrected chi connectivity index (χ3v) is 3.66. The maximum absolute atomic E-state index is 10.1. The van der Waals surface area contributed by atoms with Gasteiger partial charge in [-0.2, -0.15) is 0 Å². The third-order valence-electron chi connectivity index (χ3n) is 3.66. The summed E-state index contributed by atoms with van der Waals surface area (Å²) in [6.45, 7) is 3.78. The van der Waals surface area contributed by atoms with E-state index in [1.165, 1.54) is 12.8 Å². The van der Waals surface area contributed by atoms with Crippen molar-refractivity contribution in [2.75, 3.05) is 6.61 Å². The summed E-state index contributed by atoms with van der Waals surface area (Å²) in [5, 5.41) is 19.5. The maximum atomic E-state index is 10.1. The molecule has 0 bridgehead atoms. The zero-order valence-corrected chi connectivity index (χ0v) is 8.84. The van der Waals surface area contributed by atoms with Crippen LogP contribution in [0.1, 0.15) is 52.4 Å². The quantitative estimate of drug-likeness (QED) is 0.648. The van der Waals surface area contributed by atoms with Crippen molar-refractivity contribution in [3.05, 3.63) is 0 Å². The lowest BCUT2D eigenvalue weighted by Gasteiger charge is -2.41. The Balaban J connectivity index is 2.76. The molecule has 0 radical (unpaired) electrons. The largest absolute Gasteiger partial charge is 0.396 e. The molecule has 2 nitrogen and oxygen atoms in total. The molecule has 1 aliphatic rings. The fourth-order valence-electron chi connectivity index (χ4n) is 2.37. The van der Waals surface area contributed by atoms with E-state index in [4.69, 9.17) is 0 Å². The fourth-order valence-corrected chi connectivity index (χ4v) is 2.37. The predicted octanol–water partition coefficient (Wildman–Crippen LogP) is 2.09. The summed E-state index contributed by atoms with van der Waals surface area (Å²) in [5.41, 5.74) is -0.990. The van der Waals surface area contributed by atoms with E-state index < -0.39 is 5.60 Å². The molecule has 0 saturated heterocycles. The van der Waals surface area contributed by atoms with Crippen molar-refractivity contribution in [1.82, 2.24) is 0 Å². The second-order valence-electron chi connectivity index (χ2n) is 4.91. The molecule has 13 heavy (non-hydrogen) atoms. The van der Waals surface area contributed by atoms with Crippen LogP contribution >= 0.6 is 0 Å². The van der Waals surface area contributed by atoms with Crippen molar-refractivity contribution in [3.63, 3.8) is 0 Å². The van der Waals surface area contributed by atoms with Crippen LogP contribution in [0.15, 0.2) is 0 Å². The lowest BCUT2D eigenvalue weighted by molar-refractivity contribution is -0.0929. The maximum Gasteiger partial charge on any atom is 0.0669 e. The molecule has 1 aliphatic carbocycles. The first-order valence-corrected chi connectivity index (χ1v) is 5.35. The summed E-state index contributed by atoms with van der Waals surface area (Å²) in [4.78, 5) is 0. The van der Waals surface area contributed by atoms with E-state index in [-0.39, 0.29) is 12.0 Å². The average Bonchev–Trinajstić information content (AvgIpc) is 2.27. The van der Waals surface area contributed by atoms with Gasteiger partial charge in [-0.3, -0.25) is 0 Å². The second kappa shape index (κ2) is 3.97. The van der Waals surface area contributed by atoms with Crippen molar-refractivity contribution in [3.8, 4) is 0 Å². The van der Waals surface area contributed by atoms with E-state index in [0.29, 0.717) is 0 Å². The van der Waals surface area contributed by atoms with Crippen LogP contribution in [0.25, 0.3) is 0 Å². The van der Waals surface area contributed by atoms with Crippen LogP contribution in [0.3, 0.4) is 0 Å². The smallest absolute Gasteiger partial charge is 0.0669 e. The Labute approximate surface area is 81.0 Å². The second-order valence-corrected chi connectivity index (χ2v) is 4.91. The molecule has 0 aromatic heterocycles. The Morgan fingerprint density at radius 1 is 1.08 bits per heavy atom. The van der Waals surface area contributed by atoms with Crippen molar-refractivity contribution in [1.29, 1.82) is 0 Å². The van der Waals surface area contributed by atoms with Gasteiger partial charge < -0.3 is 10.2 Å². The highest BCUT2D eigenvalue weighted by atomic mass is 16.3. The predicted molar refractivity (Wildman–Crippen MR) is 53.5 cm³/mol. The van der Waals surface area contributed by atoms with E-state index in [9.17, 15) is 10.2 Å². The summed E-state index contributed by atoms with van der Waals surface area (Å²) < 4.78 is 0. The Hall–Kier alpha value is -0.0800. The first kappa shape index (κ1) is 11.0. The molecule has 0 heterocycles. The molecule has 0 aromatic carbocycles. The Morgan fingerprint density at radius 3 is 1.85 bits per heavy atom. The number of aliphatic hydroxyl groups excluding tert-OH is 1. The Morgan fingerprint density at radius 2 is 1.54 bits per heavy atom. The van der Waals surface area contributed by atoms with E-state index in [2.05, 4.69) is 0 Å². The third kappa shape index (κ3) is 2.23. The van der Waals surface area contributed by atoms with E-state index >= 15 is 0 Å². The minimum atomic E-state index is -0.744. The molecule has 0 atom stereocenters. The highest BCUT2D eigenvalue weighted by Crippen LogP contribution is 2.43. The SMILES string of the molecule is CC(C)(O)C1(CO)CCCCCC1. The number of hydrogen-bond donors (Lipinski definition) is 2. The highest BCUT2D eigenvalue weighted by molar-refractivity contribution is 4.93. The van der Waals surface area contributed by atoms with Gasteiger partial charge in [0.05, 0.1) is 12.2 Å². The molecular weight excluding hydrogens is 164 g/mol. The van der Waals surface area contributed by atoms with Crippen LogP contribution in [-0.2, 0) is 0 Å². The van der Waals surface area contributed by atoms with Crippen LogP contribution in [0, 0.1) is 5.41 Å². The van der Waals surface area contributed by atoms with Crippen LogP contribution in [0.5, 0.6) is 0 Å². The average molecular weight is 186 g/mol. The molecule has 1 rings (SSSR count). The van der Waals surface area contributed by atoms with Crippen molar-refractivity contribution < 1.29 is 10.2 Å². The number of aliphatic hydroxyl groups is 2. The van der Waals surface area contributed by atoms with E-state index in [1.54, 1.807) is 0 Å². The van der Waals surface area contributed by atoms with Gasteiger partial charge in [-0.1, -0.05) is 25.7 Å². The van der Waals surface area contributed by atoms with Gasteiger partial charge in [0.2, 0.25) is 0 Å². The standard InChI is InChI=1S/C11H22O2/c1-10(2,13)11(9-12)7-5-3-4-6-8-11/h12-13H,3-9H2,1-2H3. The van der Waals surface area contributed by atoms with Crippen LogP contribution in [0.2, 0.25) is 0 Å². The first-order chi connectivity index (χ1) is 6.02. The summed E-state index contributed by atoms with van der Waals surface area (Å²) in [6.07, 6.45) is 6.71. The van der Waals surface area contributed by atoms with Gasteiger partial charge in [0, 0.05) is 5.41 Å². The Bertz CT molecular complexity index is 150.